The Morgan fingerprint density at radius 3 is 2.61 bits per heavy atom. The number of hydrogen-bond donors (Lipinski definition) is 3. The third-order valence-corrected chi connectivity index (χ3v) is 2.66. The van der Waals surface area contributed by atoms with Gasteiger partial charge in [0.05, 0.1) is 6.61 Å². The number of amides is 1. The van der Waals surface area contributed by atoms with Gasteiger partial charge in [0.25, 0.3) is 0 Å². The Morgan fingerprint density at radius 1 is 1.35 bits per heavy atom. The zero-order chi connectivity index (χ0) is 17.5. The summed E-state index contributed by atoms with van der Waals surface area (Å²) in [5.41, 5.74) is -0.474. The maximum absolute atomic E-state index is 13.9. The van der Waals surface area contributed by atoms with Crippen LogP contribution in [0.15, 0.2) is 18.2 Å². The summed E-state index contributed by atoms with van der Waals surface area (Å²) in [5.74, 6) is -0.816. The van der Waals surface area contributed by atoms with Gasteiger partial charge in [0.15, 0.2) is 11.6 Å². The summed E-state index contributed by atoms with van der Waals surface area (Å²) in [7, 11) is 0. The van der Waals surface area contributed by atoms with Crippen molar-refractivity contribution >= 4 is 11.9 Å². The highest BCUT2D eigenvalue weighted by Gasteiger charge is 2.18. The summed E-state index contributed by atoms with van der Waals surface area (Å²) < 4.78 is 24.2. The molecule has 0 heterocycles. The summed E-state index contributed by atoms with van der Waals surface area (Å²) >= 11 is 0. The zero-order valence-corrected chi connectivity index (χ0v) is 13.6. The Kier molecular flexibility index (Phi) is 6.96. The number of aliphatic hydroxyl groups is 1. The number of carbonyl (C=O) groups is 1. The molecule has 1 aromatic rings. The first-order chi connectivity index (χ1) is 10.7. The van der Waals surface area contributed by atoms with Crippen molar-refractivity contribution in [2.75, 3.05) is 13.2 Å². The second-order valence-corrected chi connectivity index (χ2v) is 5.93. The van der Waals surface area contributed by atoms with Crippen molar-refractivity contribution in [3.63, 3.8) is 0 Å². The first kappa shape index (κ1) is 18.9. The quantitative estimate of drug-likeness (QED) is 0.426. The van der Waals surface area contributed by atoms with Gasteiger partial charge in [-0.1, -0.05) is 0 Å². The third kappa shape index (κ3) is 7.10. The van der Waals surface area contributed by atoms with Crippen molar-refractivity contribution < 1.29 is 23.8 Å². The average Bonchev–Trinajstić information content (AvgIpc) is 2.42. The molecule has 0 bridgehead atoms. The maximum Gasteiger partial charge on any atom is 0.413 e. The number of carbonyl (C=O) groups excluding carboxylic acids is 1. The molecule has 1 rings (SSSR count). The van der Waals surface area contributed by atoms with E-state index in [1.54, 1.807) is 20.8 Å². The predicted octanol–water partition coefficient (Wildman–Crippen LogP) is 2.83. The van der Waals surface area contributed by atoms with E-state index in [1.807, 2.05) is 0 Å². The van der Waals surface area contributed by atoms with Crippen LogP contribution in [0.5, 0.6) is 5.75 Å². The molecule has 1 amide bonds. The minimum atomic E-state index is -0.771. The smallest absolute Gasteiger partial charge is 0.413 e. The van der Waals surface area contributed by atoms with Crippen LogP contribution in [0.3, 0.4) is 0 Å². The molecule has 0 aliphatic rings. The van der Waals surface area contributed by atoms with Gasteiger partial charge in [0.2, 0.25) is 0 Å². The number of aliphatic hydroxyl groups excluding tert-OH is 1. The fraction of sp³-hybridized carbons (Fsp3) is 0.500. The second-order valence-electron chi connectivity index (χ2n) is 5.93. The molecule has 7 heteroatoms. The number of nitrogens with one attached hydrogen (secondary N) is 2. The number of amidine groups is 1. The lowest BCUT2D eigenvalue weighted by atomic mass is 10.2. The minimum absolute atomic E-state index is 0.0664. The molecule has 0 atom stereocenters. The van der Waals surface area contributed by atoms with Crippen LogP contribution >= 0.6 is 0 Å². The van der Waals surface area contributed by atoms with E-state index < -0.39 is 17.5 Å². The standard InChI is InChI=1S/C16H23FN2O4/c1-16(2,3)23-15(21)19-14(18)11-6-7-13(12(17)10-11)22-9-5-4-8-20/h6-7,10,20H,4-5,8-9H2,1-3H3,(H2,18,19,21). The summed E-state index contributed by atoms with van der Waals surface area (Å²) in [6.45, 7) is 5.49. The molecule has 0 radical (unpaired) electrons. The van der Waals surface area contributed by atoms with Crippen LogP contribution in [0.1, 0.15) is 39.2 Å². The third-order valence-electron chi connectivity index (χ3n) is 2.66. The lowest BCUT2D eigenvalue weighted by Gasteiger charge is -2.19. The Labute approximate surface area is 135 Å². The number of alkyl carbamates (subject to hydrolysis) is 1. The lowest BCUT2D eigenvalue weighted by Crippen LogP contribution is -2.36. The number of hydrogen-bond acceptors (Lipinski definition) is 5. The number of benzene rings is 1. The van der Waals surface area contributed by atoms with Gasteiger partial charge in [-0.25, -0.2) is 9.18 Å². The Bertz CT molecular complexity index is 556. The summed E-state index contributed by atoms with van der Waals surface area (Å²) in [5, 5.41) is 18.7. The molecule has 0 fully saturated rings. The van der Waals surface area contributed by atoms with Crippen LogP contribution in [0.4, 0.5) is 9.18 Å². The topological polar surface area (TPSA) is 91.6 Å². The van der Waals surface area contributed by atoms with Crippen LogP contribution in [-0.4, -0.2) is 35.9 Å². The fourth-order valence-corrected chi connectivity index (χ4v) is 1.65. The monoisotopic (exact) mass is 326 g/mol. The number of halogens is 1. The fourth-order valence-electron chi connectivity index (χ4n) is 1.65. The SMILES string of the molecule is CC(C)(C)OC(=O)NC(=N)c1ccc(OCCCCO)c(F)c1. The van der Waals surface area contributed by atoms with E-state index in [4.69, 9.17) is 20.0 Å². The minimum Gasteiger partial charge on any atom is -0.491 e. The molecule has 1 aromatic carbocycles. The Morgan fingerprint density at radius 2 is 2.04 bits per heavy atom. The van der Waals surface area contributed by atoms with E-state index in [9.17, 15) is 9.18 Å². The van der Waals surface area contributed by atoms with E-state index in [1.165, 1.54) is 12.1 Å². The summed E-state index contributed by atoms with van der Waals surface area (Å²) in [6, 6.07) is 3.99. The molecule has 0 spiro atoms. The molecule has 0 aliphatic heterocycles. The van der Waals surface area contributed by atoms with E-state index in [0.29, 0.717) is 19.4 Å². The molecule has 0 aromatic heterocycles. The molecule has 128 valence electrons. The van der Waals surface area contributed by atoms with Crippen molar-refractivity contribution in [2.24, 2.45) is 0 Å². The van der Waals surface area contributed by atoms with Crippen LogP contribution in [0, 0.1) is 11.2 Å². The van der Waals surface area contributed by atoms with Crippen molar-refractivity contribution in [1.82, 2.24) is 5.32 Å². The normalized spacial score (nSPS) is 11.0. The van der Waals surface area contributed by atoms with Crippen molar-refractivity contribution in [3.05, 3.63) is 29.6 Å². The van der Waals surface area contributed by atoms with E-state index >= 15 is 0 Å². The number of unbranched alkanes of at least 4 members (excludes halogenated alkanes) is 1. The highest BCUT2D eigenvalue weighted by atomic mass is 19.1. The van der Waals surface area contributed by atoms with Gasteiger partial charge in [-0.2, -0.15) is 0 Å². The second kappa shape index (κ2) is 8.47. The summed E-state index contributed by atoms with van der Waals surface area (Å²) in [4.78, 5) is 11.6. The van der Waals surface area contributed by atoms with Gasteiger partial charge in [-0.05, 0) is 51.8 Å². The van der Waals surface area contributed by atoms with Gasteiger partial charge in [0, 0.05) is 12.2 Å². The molecule has 0 saturated heterocycles. The predicted molar refractivity (Wildman–Crippen MR) is 84.4 cm³/mol. The molecule has 6 nitrogen and oxygen atoms in total. The average molecular weight is 326 g/mol. The Balaban J connectivity index is 2.62. The van der Waals surface area contributed by atoms with Gasteiger partial charge in [0.1, 0.15) is 11.4 Å². The maximum atomic E-state index is 13.9. The number of rotatable bonds is 6. The van der Waals surface area contributed by atoms with Crippen LogP contribution in [0.2, 0.25) is 0 Å². The van der Waals surface area contributed by atoms with Gasteiger partial charge < -0.3 is 14.6 Å². The lowest BCUT2D eigenvalue weighted by molar-refractivity contribution is 0.0563. The van der Waals surface area contributed by atoms with Crippen LogP contribution in [0.25, 0.3) is 0 Å². The first-order valence-electron chi connectivity index (χ1n) is 7.35. The van der Waals surface area contributed by atoms with Crippen LogP contribution < -0.4 is 10.1 Å². The highest BCUT2D eigenvalue weighted by molar-refractivity contribution is 6.04. The van der Waals surface area contributed by atoms with Gasteiger partial charge in [-0.3, -0.25) is 10.7 Å². The molecule has 23 heavy (non-hydrogen) atoms. The molecule has 0 unspecified atom stereocenters. The molecule has 0 aliphatic carbocycles. The molecule has 3 N–H and O–H groups in total. The van der Waals surface area contributed by atoms with E-state index in [0.717, 1.165) is 6.07 Å². The van der Waals surface area contributed by atoms with Gasteiger partial charge >= 0.3 is 6.09 Å². The van der Waals surface area contributed by atoms with E-state index in [2.05, 4.69) is 5.32 Å². The van der Waals surface area contributed by atoms with Gasteiger partial charge in [-0.15, -0.1) is 0 Å². The van der Waals surface area contributed by atoms with Crippen LogP contribution in [-0.2, 0) is 4.74 Å². The van der Waals surface area contributed by atoms with E-state index in [-0.39, 0.29) is 23.8 Å². The summed E-state index contributed by atoms with van der Waals surface area (Å²) in [6.07, 6.45) is 0.435. The van der Waals surface area contributed by atoms with Crippen molar-refractivity contribution in [1.29, 1.82) is 5.41 Å². The van der Waals surface area contributed by atoms with Crippen molar-refractivity contribution in [2.45, 2.75) is 39.2 Å². The zero-order valence-electron chi connectivity index (χ0n) is 13.6. The molecule has 0 saturated carbocycles. The molecular weight excluding hydrogens is 303 g/mol. The first-order valence-corrected chi connectivity index (χ1v) is 7.35. The number of ether oxygens (including phenoxy) is 2. The highest BCUT2D eigenvalue weighted by Crippen LogP contribution is 2.19. The Hall–Kier alpha value is -2.15. The molecular formula is C16H23FN2O4. The van der Waals surface area contributed by atoms with Crippen molar-refractivity contribution in [3.8, 4) is 5.75 Å². The largest absolute Gasteiger partial charge is 0.491 e.